The Bertz CT molecular complexity index is 2660. The number of hydrogen-bond acceptors (Lipinski definition) is 10. The fourth-order valence-electron chi connectivity index (χ4n) is 7.64. The topological polar surface area (TPSA) is 151 Å². The molecule has 6 heterocycles. The molecule has 6 aromatic rings. The molecular formula is C45H39N7O6. The molecule has 2 aromatic carbocycles. The van der Waals surface area contributed by atoms with Gasteiger partial charge in [-0.2, -0.15) is 0 Å². The molecule has 58 heavy (non-hydrogen) atoms. The molecule has 1 saturated carbocycles. The lowest BCUT2D eigenvalue weighted by Crippen LogP contribution is -2.51. The van der Waals surface area contributed by atoms with Crippen molar-refractivity contribution < 1.29 is 28.6 Å². The third-order valence-electron chi connectivity index (χ3n) is 10.8. The number of nitrogens with one attached hydrogen (secondary N) is 1. The first-order valence-electron chi connectivity index (χ1n) is 19.4. The van der Waals surface area contributed by atoms with E-state index in [1.807, 2.05) is 36.8 Å². The van der Waals surface area contributed by atoms with E-state index in [2.05, 4.69) is 73.5 Å². The molecule has 2 fully saturated rings. The van der Waals surface area contributed by atoms with Crippen molar-refractivity contribution in [3.63, 3.8) is 0 Å². The summed E-state index contributed by atoms with van der Waals surface area (Å²) in [6, 6.07) is 16.4. The standard InChI is InChI=1S/C45H39N7O6/c1-27-8-14-39(43(53)50-27)52-44(54)35-13-11-30(22-36(35)45(52)55)56-18-6-4-3-5-7-41-47-24-33(25-48-41)57-31-20-32(21-31)58-42-15-10-29(23-49-42)28-9-12-34-37-26-46-17-16-38(37)51(2)40(34)19-28/h9-13,15-17,19,22-26,31-32,39H,1,3-4,6,8,14,18,20-21H2,2H3,(H,50,53). The summed E-state index contributed by atoms with van der Waals surface area (Å²) in [5.41, 5.74) is 5.51. The SMILES string of the molecule is C=C1CCC(N2C(=O)c3ccc(OCCCCC#Cc4ncc(OC5CC(Oc6ccc(-c7ccc8c9cnccc9n(C)c8c7)cn6)C5)cn4)cc3C2=O)C(=O)N1. The van der Waals surface area contributed by atoms with Crippen LogP contribution in [0.25, 0.3) is 32.9 Å². The monoisotopic (exact) mass is 773 g/mol. The Labute approximate surface area is 334 Å². The van der Waals surface area contributed by atoms with Crippen molar-refractivity contribution in [3.05, 3.63) is 115 Å². The summed E-state index contributed by atoms with van der Waals surface area (Å²) in [6.07, 6.45) is 13.4. The first-order valence-corrected chi connectivity index (χ1v) is 19.4. The van der Waals surface area contributed by atoms with Crippen LogP contribution in [0.2, 0.25) is 0 Å². The van der Waals surface area contributed by atoms with Gasteiger partial charge >= 0.3 is 0 Å². The molecule has 0 radical (unpaired) electrons. The molecule has 1 N–H and O–H groups in total. The van der Waals surface area contributed by atoms with Gasteiger partial charge in [-0.15, -0.1) is 0 Å². The van der Waals surface area contributed by atoms with Crippen molar-refractivity contribution >= 4 is 39.5 Å². The summed E-state index contributed by atoms with van der Waals surface area (Å²) in [5.74, 6) is 6.83. The Morgan fingerprint density at radius 2 is 1.62 bits per heavy atom. The summed E-state index contributed by atoms with van der Waals surface area (Å²) in [6.45, 7) is 4.18. The molecule has 1 unspecified atom stereocenters. The highest BCUT2D eigenvalue weighted by Crippen LogP contribution is 2.34. The molecule has 1 atom stereocenters. The summed E-state index contributed by atoms with van der Waals surface area (Å²) in [5, 5.41) is 4.96. The number of aryl methyl sites for hydroxylation is 1. The summed E-state index contributed by atoms with van der Waals surface area (Å²) < 4.78 is 20.2. The number of allylic oxidation sites excluding steroid dienone is 1. The Hall–Kier alpha value is -7.07. The van der Waals surface area contributed by atoms with Crippen LogP contribution >= 0.6 is 0 Å². The van der Waals surface area contributed by atoms with Gasteiger partial charge in [0.05, 0.1) is 35.6 Å². The van der Waals surface area contributed by atoms with E-state index in [-0.39, 0.29) is 23.3 Å². The average molecular weight is 774 g/mol. The van der Waals surface area contributed by atoms with Crippen molar-refractivity contribution in [1.82, 2.24) is 34.7 Å². The number of rotatable bonds is 11. The minimum atomic E-state index is -0.847. The summed E-state index contributed by atoms with van der Waals surface area (Å²) >= 11 is 0. The molecule has 3 aliphatic rings. The Morgan fingerprint density at radius 3 is 2.43 bits per heavy atom. The van der Waals surface area contributed by atoms with Gasteiger partial charge in [-0.05, 0) is 73.6 Å². The van der Waals surface area contributed by atoms with Crippen molar-refractivity contribution in [2.24, 2.45) is 7.05 Å². The fourth-order valence-corrected chi connectivity index (χ4v) is 7.64. The molecule has 0 bridgehead atoms. The zero-order valence-corrected chi connectivity index (χ0v) is 31.8. The number of imide groups is 1. The second kappa shape index (κ2) is 15.5. The van der Waals surface area contributed by atoms with Crippen LogP contribution in [-0.4, -0.2) is 72.0 Å². The minimum Gasteiger partial charge on any atom is -0.494 e. The van der Waals surface area contributed by atoms with Crippen LogP contribution in [0.15, 0.2) is 97.9 Å². The van der Waals surface area contributed by atoms with Gasteiger partial charge in [0, 0.05) is 78.5 Å². The van der Waals surface area contributed by atoms with E-state index in [9.17, 15) is 14.4 Å². The maximum absolute atomic E-state index is 13.1. The molecule has 4 aromatic heterocycles. The first kappa shape index (κ1) is 36.6. The lowest BCUT2D eigenvalue weighted by molar-refractivity contribution is -0.125. The van der Waals surface area contributed by atoms with Gasteiger partial charge < -0.3 is 24.1 Å². The molecule has 1 saturated heterocycles. The Balaban J connectivity index is 0.683. The van der Waals surface area contributed by atoms with E-state index >= 15 is 0 Å². The number of aromatic nitrogens is 5. The zero-order chi connectivity index (χ0) is 39.8. The number of piperidine rings is 1. The Morgan fingerprint density at radius 1 is 0.810 bits per heavy atom. The maximum Gasteiger partial charge on any atom is 0.262 e. The Kier molecular flexibility index (Phi) is 9.75. The number of carbonyl (C=O) groups excluding carboxylic acids is 3. The van der Waals surface area contributed by atoms with E-state index in [4.69, 9.17) is 14.2 Å². The first-order chi connectivity index (χ1) is 28.3. The van der Waals surface area contributed by atoms with E-state index in [0.717, 1.165) is 58.1 Å². The molecule has 3 amide bonds. The van der Waals surface area contributed by atoms with Crippen molar-refractivity contribution in [2.45, 2.75) is 63.2 Å². The molecular weight excluding hydrogens is 735 g/mol. The highest BCUT2D eigenvalue weighted by Gasteiger charge is 2.44. The van der Waals surface area contributed by atoms with Gasteiger partial charge in [-0.1, -0.05) is 24.6 Å². The number of benzene rings is 2. The number of carbonyl (C=O) groups is 3. The minimum absolute atomic E-state index is 0.00947. The number of hydrogen-bond donors (Lipinski definition) is 1. The van der Waals surface area contributed by atoms with Crippen LogP contribution in [0.4, 0.5) is 0 Å². The van der Waals surface area contributed by atoms with Crippen LogP contribution in [0.1, 0.15) is 71.5 Å². The molecule has 1 aliphatic carbocycles. The maximum atomic E-state index is 13.1. The van der Waals surface area contributed by atoms with Gasteiger partial charge in [0.2, 0.25) is 17.6 Å². The second-order valence-electron chi connectivity index (χ2n) is 14.7. The molecule has 0 spiro atoms. The van der Waals surface area contributed by atoms with Gasteiger partial charge in [0.1, 0.15) is 24.0 Å². The van der Waals surface area contributed by atoms with Crippen molar-refractivity contribution in [1.29, 1.82) is 0 Å². The van der Waals surface area contributed by atoms with Crippen LogP contribution < -0.4 is 19.5 Å². The van der Waals surface area contributed by atoms with E-state index < -0.39 is 23.8 Å². The highest BCUT2D eigenvalue weighted by molar-refractivity contribution is 6.23. The third kappa shape index (κ3) is 7.20. The van der Waals surface area contributed by atoms with Crippen LogP contribution in [0, 0.1) is 11.8 Å². The third-order valence-corrected chi connectivity index (χ3v) is 10.8. The quantitative estimate of drug-likeness (QED) is 0.0872. The van der Waals surface area contributed by atoms with Gasteiger partial charge in [-0.3, -0.25) is 24.3 Å². The van der Waals surface area contributed by atoms with Crippen LogP contribution in [0.5, 0.6) is 17.4 Å². The lowest BCUT2D eigenvalue weighted by atomic mass is 9.92. The number of unbranched alkanes of at least 4 members (excludes halogenated alkanes) is 2. The van der Waals surface area contributed by atoms with Crippen LogP contribution in [0.3, 0.4) is 0 Å². The van der Waals surface area contributed by atoms with E-state index in [1.165, 1.54) is 5.39 Å². The number of amides is 3. The predicted octanol–water partition coefficient (Wildman–Crippen LogP) is 6.56. The number of ether oxygens (including phenoxy) is 3. The summed E-state index contributed by atoms with van der Waals surface area (Å²) in [4.78, 5) is 57.1. The number of nitrogens with zero attached hydrogens (tertiary/aromatic N) is 6. The van der Waals surface area contributed by atoms with E-state index in [1.54, 1.807) is 30.6 Å². The van der Waals surface area contributed by atoms with Crippen molar-refractivity contribution in [2.75, 3.05) is 6.61 Å². The van der Waals surface area contributed by atoms with Gasteiger partial charge in [0.25, 0.3) is 11.8 Å². The fraction of sp³-hybridized carbons (Fsp3) is 0.267. The van der Waals surface area contributed by atoms with Crippen LogP contribution in [-0.2, 0) is 11.8 Å². The molecule has 2 aliphatic heterocycles. The number of fused-ring (bicyclic) bond motifs is 4. The van der Waals surface area contributed by atoms with Crippen molar-refractivity contribution in [3.8, 4) is 40.3 Å². The lowest BCUT2D eigenvalue weighted by Gasteiger charge is -2.34. The average Bonchev–Trinajstić information content (AvgIpc) is 3.65. The zero-order valence-electron chi connectivity index (χ0n) is 31.8. The normalized spacial score (nSPS) is 18.7. The molecule has 290 valence electrons. The van der Waals surface area contributed by atoms with Gasteiger partial charge in [0.15, 0.2) is 5.75 Å². The predicted molar refractivity (Wildman–Crippen MR) is 215 cm³/mol. The molecule has 13 heteroatoms. The summed E-state index contributed by atoms with van der Waals surface area (Å²) in [7, 11) is 2.08. The largest absolute Gasteiger partial charge is 0.494 e. The number of pyridine rings is 2. The highest BCUT2D eigenvalue weighted by atomic mass is 16.5. The van der Waals surface area contributed by atoms with Gasteiger partial charge in [-0.25, -0.2) is 15.0 Å². The smallest absolute Gasteiger partial charge is 0.262 e. The molecule has 9 rings (SSSR count). The van der Waals surface area contributed by atoms with E-state index in [0.29, 0.717) is 54.8 Å². The molecule has 13 nitrogen and oxygen atoms in total. The second-order valence-corrected chi connectivity index (χ2v) is 14.7.